The Hall–Kier alpha value is -2.82. The minimum absolute atomic E-state index is 0.00898. The number of hydrogen-bond donors (Lipinski definition) is 0. The Bertz CT molecular complexity index is 1010. The third-order valence-corrected chi connectivity index (χ3v) is 6.35. The molecular weight excluding hydrogens is 420 g/mol. The molecule has 0 radical (unpaired) electrons. The highest BCUT2D eigenvalue weighted by atomic mass is 35.5. The molecular formula is C22H23ClN4O2S. The first-order chi connectivity index (χ1) is 14.4. The zero-order valence-corrected chi connectivity index (χ0v) is 18.8. The van der Waals surface area contributed by atoms with Crippen LogP contribution in [0.15, 0.2) is 47.8 Å². The summed E-state index contributed by atoms with van der Waals surface area (Å²) in [4.78, 5) is 31.9. The zero-order chi connectivity index (χ0) is 21.8. The van der Waals surface area contributed by atoms with Crippen LogP contribution in [0.3, 0.4) is 0 Å². The fraction of sp³-hybridized carbons (Fsp3) is 0.318. The van der Waals surface area contributed by atoms with Crippen LogP contribution < -0.4 is 9.80 Å². The van der Waals surface area contributed by atoms with Crippen molar-refractivity contribution in [1.82, 2.24) is 4.90 Å². The minimum atomic E-state index is -0.331. The van der Waals surface area contributed by atoms with E-state index in [1.165, 1.54) is 11.3 Å². The molecule has 30 heavy (non-hydrogen) atoms. The molecule has 0 atom stereocenters. The Morgan fingerprint density at radius 1 is 1.10 bits per heavy atom. The molecule has 2 aromatic rings. The van der Waals surface area contributed by atoms with Crippen molar-refractivity contribution < 1.29 is 9.59 Å². The van der Waals surface area contributed by atoms with Crippen molar-refractivity contribution in [1.29, 1.82) is 5.26 Å². The summed E-state index contributed by atoms with van der Waals surface area (Å²) in [5.41, 5.74) is 1.92. The van der Waals surface area contributed by atoms with Crippen molar-refractivity contribution >= 4 is 46.0 Å². The van der Waals surface area contributed by atoms with Crippen LogP contribution in [-0.4, -0.2) is 37.2 Å². The van der Waals surface area contributed by atoms with E-state index in [9.17, 15) is 14.9 Å². The lowest BCUT2D eigenvalue weighted by molar-refractivity contribution is -0.133. The molecule has 1 aromatic heterocycles. The molecule has 0 saturated heterocycles. The monoisotopic (exact) mass is 442 g/mol. The summed E-state index contributed by atoms with van der Waals surface area (Å²) in [7, 11) is 3.66. The molecule has 0 unspecified atom stereocenters. The highest BCUT2D eigenvalue weighted by molar-refractivity contribution is 7.16. The number of carbonyl (C=O) groups excluding carboxylic acids is 2. The summed E-state index contributed by atoms with van der Waals surface area (Å²) in [5, 5.41) is 9.70. The second-order valence-electron chi connectivity index (χ2n) is 6.95. The van der Waals surface area contributed by atoms with E-state index in [2.05, 4.69) is 6.07 Å². The number of nitriles is 1. The minimum Gasteiger partial charge on any atom is -0.338 e. The lowest BCUT2D eigenvalue weighted by Crippen LogP contribution is -2.31. The van der Waals surface area contributed by atoms with E-state index in [0.29, 0.717) is 23.2 Å². The summed E-state index contributed by atoms with van der Waals surface area (Å²) in [6.07, 6.45) is 0.0512. The lowest BCUT2D eigenvalue weighted by atomic mass is 10.1. The van der Waals surface area contributed by atoms with Gasteiger partial charge in [0.2, 0.25) is 5.91 Å². The number of amides is 1. The molecule has 2 heterocycles. The number of thiophene rings is 1. The number of fused-ring (bicyclic) bond motifs is 1. The largest absolute Gasteiger partial charge is 0.338 e. The SMILES string of the molecule is CCN(Cc1ccc(Cl)s1)C(=O)CCC(=O)C(C#N)=C1N(C)c2ccccc2N1C. The predicted octanol–water partition coefficient (Wildman–Crippen LogP) is 4.42. The number of para-hydroxylation sites is 2. The molecule has 3 rings (SSSR count). The molecule has 6 nitrogen and oxygen atoms in total. The Balaban J connectivity index is 1.71. The number of allylic oxidation sites excluding steroid dienone is 1. The average molecular weight is 443 g/mol. The van der Waals surface area contributed by atoms with E-state index in [-0.39, 0.29) is 30.1 Å². The first kappa shape index (κ1) is 21.9. The number of rotatable bonds is 7. The van der Waals surface area contributed by atoms with E-state index in [0.717, 1.165) is 16.3 Å². The number of anilines is 2. The number of carbonyl (C=O) groups is 2. The van der Waals surface area contributed by atoms with Gasteiger partial charge in [0.05, 0.1) is 22.3 Å². The molecule has 0 N–H and O–H groups in total. The highest BCUT2D eigenvalue weighted by Gasteiger charge is 2.31. The van der Waals surface area contributed by atoms with Gasteiger partial charge in [0.25, 0.3) is 0 Å². The lowest BCUT2D eigenvalue weighted by Gasteiger charge is -2.21. The van der Waals surface area contributed by atoms with Crippen LogP contribution in [0, 0.1) is 11.3 Å². The van der Waals surface area contributed by atoms with E-state index < -0.39 is 0 Å². The van der Waals surface area contributed by atoms with Crippen LogP contribution in [0.4, 0.5) is 11.4 Å². The fourth-order valence-electron chi connectivity index (χ4n) is 3.56. The first-order valence-electron chi connectivity index (χ1n) is 9.63. The van der Waals surface area contributed by atoms with Gasteiger partial charge in [-0.3, -0.25) is 9.59 Å². The molecule has 1 aromatic carbocycles. The van der Waals surface area contributed by atoms with Crippen molar-refractivity contribution in [2.75, 3.05) is 30.4 Å². The van der Waals surface area contributed by atoms with E-state index in [1.807, 2.05) is 61.2 Å². The summed E-state index contributed by atoms with van der Waals surface area (Å²) in [6, 6.07) is 13.5. The van der Waals surface area contributed by atoms with Crippen molar-refractivity contribution in [3.05, 3.63) is 57.0 Å². The molecule has 0 spiro atoms. The van der Waals surface area contributed by atoms with E-state index in [4.69, 9.17) is 11.6 Å². The Kier molecular flexibility index (Phi) is 6.80. The Morgan fingerprint density at radius 3 is 2.23 bits per heavy atom. The quantitative estimate of drug-likeness (QED) is 0.469. The van der Waals surface area contributed by atoms with Gasteiger partial charge in [-0.2, -0.15) is 5.26 Å². The normalized spacial score (nSPS) is 12.6. The van der Waals surface area contributed by atoms with Gasteiger partial charge < -0.3 is 14.7 Å². The topological polar surface area (TPSA) is 67.6 Å². The van der Waals surface area contributed by atoms with Crippen molar-refractivity contribution in [3.8, 4) is 6.07 Å². The molecule has 0 bridgehead atoms. The smallest absolute Gasteiger partial charge is 0.223 e. The van der Waals surface area contributed by atoms with Crippen molar-refractivity contribution in [2.45, 2.75) is 26.3 Å². The summed E-state index contributed by atoms with van der Waals surface area (Å²) in [5.74, 6) is 0.0911. The van der Waals surface area contributed by atoms with Gasteiger partial charge in [0.15, 0.2) is 5.78 Å². The third-order valence-electron chi connectivity index (χ3n) is 5.13. The van der Waals surface area contributed by atoms with E-state index >= 15 is 0 Å². The fourth-order valence-corrected chi connectivity index (χ4v) is 4.67. The van der Waals surface area contributed by atoms with Crippen molar-refractivity contribution in [3.63, 3.8) is 0 Å². The number of halogens is 1. The van der Waals surface area contributed by atoms with Gasteiger partial charge in [0, 0.05) is 38.4 Å². The molecule has 0 saturated carbocycles. The summed E-state index contributed by atoms with van der Waals surface area (Å²) in [6.45, 7) is 2.90. The maximum atomic E-state index is 12.9. The van der Waals surface area contributed by atoms with Crippen LogP contribution in [0.25, 0.3) is 0 Å². The van der Waals surface area contributed by atoms with Gasteiger partial charge in [-0.25, -0.2) is 0 Å². The Morgan fingerprint density at radius 2 is 1.73 bits per heavy atom. The van der Waals surface area contributed by atoms with Crippen LogP contribution in [-0.2, 0) is 16.1 Å². The van der Waals surface area contributed by atoms with Crippen LogP contribution >= 0.6 is 22.9 Å². The van der Waals surface area contributed by atoms with Gasteiger partial charge >= 0.3 is 0 Å². The standard InChI is InChI=1S/C22H23ClN4O2S/c1-4-27(14-15-9-11-20(23)30-15)21(29)12-10-19(28)16(13-24)22-25(2)17-7-5-6-8-18(17)26(22)3/h5-9,11H,4,10,12,14H2,1-3H3. The molecule has 1 amide bonds. The maximum Gasteiger partial charge on any atom is 0.223 e. The average Bonchev–Trinajstić information content (AvgIpc) is 3.27. The Labute approximate surface area is 185 Å². The summed E-state index contributed by atoms with van der Waals surface area (Å²) < 4.78 is 0.680. The van der Waals surface area contributed by atoms with E-state index in [1.54, 1.807) is 11.0 Å². The van der Waals surface area contributed by atoms with Gasteiger partial charge in [-0.1, -0.05) is 23.7 Å². The summed E-state index contributed by atoms with van der Waals surface area (Å²) >= 11 is 7.40. The maximum absolute atomic E-state index is 12.9. The van der Waals surface area contributed by atoms with Crippen molar-refractivity contribution in [2.24, 2.45) is 0 Å². The number of nitrogens with zero attached hydrogens (tertiary/aromatic N) is 4. The number of Topliss-reactive ketones (excluding diaryl/α,β-unsaturated/α-hetero) is 1. The van der Waals surface area contributed by atoms with Gasteiger partial charge in [0.1, 0.15) is 17.5 Å². The van der Waals surface area contributed by atoms with Crippen LogP contribution in [0.1, 0.15) is 24.6 Å². The molecule has 0 aliphatic carbocycles. The molecule has 1 aliphatic rings. The third kappa shape index (κ3) is 4.35. The number of benzene rings is 1. The molecule has 156 valence electrons. The predicted molar refractivity (Wildman–Crippen MR) is 121 cm³/mol. The highest BCUT2D eigenvalue weighted by Crippen LogP contribution is 2.40. The van der Waals surface area contributed by atoms with Crippen LogP contribution in [0.5, 0.6) is 0 Å². The zero-order valence-electron chi connectivity index (χ0n) is 17.2. The second kappa shape index (κ2) is 9.33. The molecule has 1 aliphatic heterocycles. The van der Waals surface area contributed by atoms with Gasteiger partial charge in [-0.15, -0.1) is 11.3 Å². The second-order valence-corrected chi connectivity index (χ2v) is 8.75. The number of hydrogen-bond acceptors (Lipinski definition) is 6. The molecule has 0 fully saturated rings. The number of ketones is 1. The van der Waals surface area contributed by atoms with Crippen LogP contribution in [0.2, 0.25) is 4.34 Å². The molecule has 8 heteroatoms. The first-order valence-corrected chi connectivity index (χ1v) is 10.8. The van der Waals surface area contributed by atoms with Gasteiger partial charge in [-0.05, 0) is 31.2 Å².